The van der Waals surface area contributed by atoms with E-state index in [-0.39, 0.29) is 17.2 Å². The molecule has 4 aromatic rings. The van der Waals surface area contributed by atoms with E-state index in [4.69, 9.17) is 0 Å². The molecule has 132 valence electrons. The lowest BCUT2D eigenvalue weighted by Crippen LogP contribution is -2.24. The molecule has 0 aliphatic rings. The molecule has 0 unspecified atom stereocenters. The number of amides is 1. The fraction of sp³-hybridized carbons (Fsp3) is 0.176. The Morgan fingerprint density at radius 2 is 2.08 bits per heavy atom. The minimum Gasteiger partial charge on any atom is -0.350 e. The first-order valence-corrected chi connectivity index (χ1v) is 9.76. The summed E-state index contributed by atoms with van der Waals surface area (Å²) in [5, 5.41) is 14.3. The number of nitrogens with zero attached hydrogens (tertiary/aromatic N) is 4. The molecular weight excluding hydrogens is 370 g/mol. The summed E-state index contributed by atoms with van der Waals surface area (Å²) in [6.07, 6.45) is 0. The van der Waals surface area contributed by atoms with Crippen LogP contribution in [0.15, 0.2) is 51.7 Å². The Morgan fingerprint density at radius 1 is 1.23 bits per heavy atom. The average molecular weight is 385 g/mol. The van der Waals surface area contributed by atoms with E-state index in [0.717, 1.165) is 10.4 Å². The van der Waals surface area contributed by atoms with Crippen LogP contribution in [0.5, 0.6) is 0 Å². The number of hydrogen-bond donors (Lipinski definition) is 1. The van der Waals surface area contributed by atoms with Gasteiger partial charge < -0.3 is 5.32 Å². The van der Waals surface area contributed by atoms with Gasteiger partial charge in [-0.3, -0.25) is 18.6 Å². The monoisotopic (exact) mass is 385 g/mol. The van der Waals surface area contributed by atoms with Gasteiger partial charge >= 0.3 is 0 Å². The number of thioether (sulfide) groups is 1. The number of thiophene rings is 1. The van der Waals surface area contributed by atoms with Crippen LogP contribution in [0.1, 0.15) is 4.88 Å². The van der Waals surface area contributed by atoms with Gasteiger partial charge in [0.05, 0.1) is 23.2 Å². The van der Waals surface area contributed by atoms with Crippen LogP contribution in [0.3, 0.4) is 0 Å². The summed E-state index contributed by atoms with van der Waals surface area (Å²) in [4.78, 5) is 25.6. The number of aryl methyl sites for hydroxylation is 1. The molecule has 7 nitrogen and oxygen atoms in total. The lowest BCUT2D eigenvalue weighted by molar-refractivity contribution is -0.118. The van der Waals surface area contributed by atoms with Gasteiger partial charge in [0.15, 0.2) is 5.16 Å². The Bertz CT molecular complexity index is 1150. The summed E-state index contributed by atoms with van der Waals surface area (Å²) in [6.45, 7) is 0.523. The quantitative estimate of drug-likeness (QED) is 0.532. The number of rotatable bonds is 5. The number of nitrogens with one attached hydrogen (secondary N) is 1. The first-order valence-electron chi connectivity index (χ1n) is 7.90. The van der Waals surface area contributed by atoms with Gasteiger partial charge in [0.1, 0.15) is 0 Å². The third-order valence-corrected chi connectivity index (χ3v) is 5.77. The van der Waals surface area contributed by atoms with Crippen LogP contribution in [-0.4, -0.2) is 30.8 Å². The first-order chi connectivity index (χ1) is 12.6. The second kappa shape index (κ2) is 6.93. The molecule has 0 atom stereocenters. The van der Waals surface area contributed by atoms with E-state index in [1.54, 1.807) is 24.5 Å². The van der Waals surface area contributed by atoms with Gasteiger partial charge in [-0.2, -0.15) is 0 Å². The van der Waals surface area contributed by atoms with E-state index in [1.165, 1.54) is 16.3 Å². The summed E-state index contributed by atoms with van der Waals surface area (Å²) >= 11 is 2.90. The number of carbonyl (C=O) groups is 1. The maximum atomic E-state index is 12.4. The lowest BCUT2D eigenvalue weighted by atomic mass is 10.2. The molecule has 0 bridgehead atoms. The van der Waals surface area contributed by atoms with Crippen molar-refractivity contribution in [2.75, 3.05) is 5.75 Å². The van der Waals surface area contributed by atoms with Crippen LogP contribution < -0.4 is 10.9 Å². The molecule has 9 heteroatoms. The van der Waals surface area contributed by atoms with Gasteiger partial charge in [0.2, 0.25) is 11.7 Å². The molecule has 0 aliphatic carbocycles. The van der Waals surface area contributed by atoms with E-state index in [9.17, 15) is 9.59 Å². The Kier molecular flexibility index (Phi) is 4.48. The highest BCUT2D eigenvalue weighted by Gasteiger charge is 2.15. The standard InChI is InChI=1S/C17H15N5O2S2/c1-21-15(24)12-6-2-3-7-13(12)22-16(21)19-20-17(22)26-10-14(23)18-9-11-5-4-8-25-11/h2-8H,9-10H2,1H3,(H,18,23). The van der Waals surface area contributed by atoms with Gasteiger partial charge in [-0.25, -0.2) is 0 Å². The SMILES string of the molecule is Cn1c(=O)c2ccccc2n2c(SCC(=O)NCc3cccs3)nnc12. The van der Waals surface area contributed by atoms with E-state index >= 15 is 0 Å². The molecule has 1 aromatic carbocycles. The summed E-state index contributed by atoms with van der Waals surface area (Å²) in [5.74, 6) is 0.605. The molecule has 0 radical (unpaired) electrons. The van der Waals surface area contributed by atoms with Crippen LogP contribution in [0.2, 0.25) is 0 Å². The van der Waals surface area contributed by atoms with E-state index in [0.29, 0.717) is 22.9 Å². The fourth-order valence-electron chi connectivity index (χ4n) is 2.68. The zero-order valence-corrected chi connectivity index (χ0v) is 15.5. The van der Waals surface area contributed by atoms with Crippen molar-refractivity contribution < 1.29 is 4.79 Å². The third-order valence-electron chi connectivity index (χ3n) is 3.97. The van der Waals surface area contributed by atoms with Crippen molar-refractivity contribution in [2.24, 2.45) is 7.05 Å². The van der Waals surface area contributed by atoms with Crippen LogP contribution in [-0.2, 0) is 18.4 Å². The van der Waals surface area contributed by atoms with Crippen LogP contribution in [0, 0.1) is 0 Å². The van der Waals surface area contributed by atoms with E-state index < -0.39 is 0 Å². The minimum absolute atomic E-state index is 0.0747. The predicted octanol–water partition coefficient (Wildman–Crippen LogP) is 2.05. The largest absolute Gasteiger partial charge is 0.350 e. The Balaban J connectivity index is 1.59. The van der Waals surface area contributed by atoms with Gasteiger partial charge in [-0.05, 0) is 23.6 Å². The number of hydrogen-bond acceptors (Lipinski definition) is 6. The van der Waals surface area contributed by atoms with Crippen molar-refractivity contribution in [1.29, 1.82) is 0 Å². The Morgan fingerprint density at radius 3 is 2.88 bits per heavy atom. The minimum atomic E-state index is -0.120. The first kappa shape index (κ1) is 16.8. The molecule has 3 heterocycles. The van der Waals surface area contributed by atoms with Gasteiger partial charge in [0, 0.05) is 11.9 Å². The van der Waals surface area contributed by atoms with Crippen LogP contribution in [0.25, 0.3) is 16.7 Å². The zero-order valence-electron chi connectivity index (χ0n) is 13.9. The number of benzene rings is 1. The van der Waals surface area contributed by atoms with Crippen molar-refractivity contribution in [1.82, 2.24) is 24.5 Å². The Hall–Kier alpha value is -2.65. The van der Waals surface area contributed by atoms with Gasteiger partial charge in [-0.15, -0.1) is 21.5 Å². The number of aromatic nitrogens is 4. The molecule has 26 heavy (non-hydrogen) atoms. The fourth-order valence-corrected chi connectivity index (χ4v) is 4.10. The maximum absolute atomic E-state index is 12.4. The normalized spacial score (nSPS) is 11.3. The molecule has 3 aromatic heterocycles. The topological polar surface area (TPSA) is 81.3 Å². The average Bonchev–Trinajstić information content (AvgIpc) is 3.32. The molecule has 4 rings (SSSR count). The van der Waals surface area contributed by atoms with E-state index in [2.05, 4.69) is 15.5 Å². The zero-order chi connectivity index (χ0) is 18.1. The van der Waals surface area contributed by atoms with Crippen molar-refractivity contribution in [3.05, 3.63) is 57.0 Å². The van der Waals surface area contributed by atoms with E-state index in [1.807, 2.05) is 40.1 Å². The smallest absolute Gasteiger partial charge is 0.262 e. The van der Waals surface area contributed by atoms with Crippen molar-refractivity contribution in [3.63, 3.8) is 0 Å². The van der Waals surface area contributed by atoms with Crippen molar-refractivity contribution >= 4 is 45.7 Å². The molecule has 0 saturated carbocycles. The number of carbonyl (C=O) groups excluding carboxylic acids is 1. The third kappa shape index (κ3) is 2.99. The molecular formula is C17H15N5O2S2. The summed E-state index contributed by atoms with van der Waals surface area (Å²) in [6, 6.07) is 11.3. The summed E-state index contributed by atoms with van der Waals surface area (Å²) in [7, 11) is 1.67. The molecule has 0 aliphatic heterocycles. The lowest BCUT2D eigenvalue weighted by Gasteiger charge is -2.07. The maximum Gasteiger partial charge on any atom is 0.262 e. The highest BCUT2D eigenvalue weighted by atomic mass is 32.2. The number of fused-ring (bicyclic) bond motifs is 3. The van der Waals surface area contributed by atoms with Crippen LogP contribution >= 0.6 is 23.1 Å². The highest BCUT2D eigenvalue weighted by Crippen LogP contribution is 2.21. The molecule has 0 saturated heterocycles. The second-order valence-electron chi connectivity index (χ2n) is 5.64. The second-order valence-corrected chi connectivity index (χ2v) is 7.62. The Labute approximate surface area is 156 Å². The molecule has 0 fully saturated rings. The number of para-hydroxylation sites is 1. The predicted molar refractivity (Wildman–Crippen MR) is 103 cm³/mol. The van der Waals surface area contributed by atoms with Crippen molar-refractivity contribution in [2.45, 2.75) is 11.7 Å². The van der Waals surface area contributed by atoms with Gasteiger partial charge in [-0.1, -0.05) is 30.0 Å². The molecule has 1 amide bonds. The summed E-state index contributed by atoms with van der Waals surface area (Å²) < 4.78 is 3.28. The van der Waals surface area contributed by atoms with Crippen LogP contribution in [0.4, 0.5) is 0 Å². The molecule has 1 N–H and O–H groups in total. The summed E-state index contributed by atoms with van der Waals surface area (Å²) in [5.41, 5.74) is 0.614. The van der Waals surface area contributed by atoms with Crippen molar-refractivity contribution in [3.8, 4) is 0 Å². The van der Waals surface area contributed by atoms with Gasteiger partial charge in [0.25, 0.3) is 5.56 Å². The highest BCUT2D eigenvalue weighted by molar-refractivity contribution is 7.99. The molecule has 0 spiro atoms.